The highest BCUT2D eigenvalue weighted by Gasteiger charge is 2.20. The summed E-state index contributed by atoms with van der Waals surface area (Å²) in [6, 6.07) is 12.3. The molecule has 0 radical (unpaired) electrons. The minimum absolute atomic E-state index is 0.0580. The van der Waals surface area contributed by atoms with Gasteiger partial charge >= 0.3 is 0 Å². The molecule has 0 fully saturated rings. The van der Waals surface area contributed by atoms with E-state index in [9.17, 15) is 0 Å². The fourth-order valence-corrected chi connectivity index (χ4v) is 3.03. The molecule has 108 valence electrons. The highest BCUT2D eigenvalue weighted by molar-refractivity contribution is 7.09. The van der Waals surface area contributed by atoms with Crippen LogP contribution < -0.4 is 5.32 Å². The van der Waals surface area contributed by atoms with Crippen molar-refractivity contribution in [3.63, 3.8) is 0 Å². The van der Waals surface area contributed by atoms with E-state index < -0.39 is 0 Å². The standard InChI is InChI=1S/C16H18N4S/c1-3-17-16(14-11-21-12(2)19-14)15-9-10-18-20(15)13-7-5-4-6-8-13/h4-11,16-17H,3H2,1-2H3. The fraction of sp³-hybridized carbons (Fsp3) is 0.250. The van der Waals surface area contributed by atoms with Gasteiger partial charge in [-0.15, -0.1) is 11.3 Å². The fourth-order valence-electron chi connectivity index (χ4n) is 2.39. The molecule has 3 rings (SSSR count). The molecule has 1 atom stereocenters. The molecule has 0 amide bonds. The number of hydrogen-bond acceptors (Lipinski definition) is 4. The van der Waals surface area contributed by atoms with Crippen LogP contribution >= 0.6 is 11.3 Å². The van der Waals surface area contributed by atoms with Gasteiger partial charge < -0.3 is 5.32 Å². The lowest BCUT2D eigenvalue weighted by Crippen LogP contribution is -2.24. The van der Waals surface area contributed by atoms with Crippen LogP contribution in [0.3, 0.4) is 0 Å². The highest BCUT2D eigenvalue weighted by atomic mass is 32.1. The molecule has 1 unspecified atom stereocenters. The minimum atomic E-state index is 0.0580. The maximum atomic E-state index is 4.64. The monoisotopic (exact) mass is 298 g/mol. The molecular weight excluding hydrogens is 280 g/mol. The van der Waals surface area contributed by atoms with E-state index in [4.69, 9.17) is 0 Å². The Bertz CT molecular complexity index is 702. The van der Waals surface area contributed by atoms with Gasteiger partial charge in [-0.1, -0.05) is 25.1 Å². The van der Waals surface area contributed by atoms with Gasteiger partial charge in [-0.2, -0.15) is 5.10 Å². The molecule has 3 aromatic rings. The van der Waals surface area contributed by atoms with E-state index in [1.807, 2.05) is 36.0 Å². The molecule has 0 spiro atoms. The third kappa shape index (κ3) is 2.89. The molecule has 21 heavy (non-hydrogen) atoms. The zero-order valence-corrected chi connectivity index (χ0v) is 13.0. The molecule has 4 nitrogen and oxygen atoms in total. The Morgan fingerprint density at radius 1 is 1.24 bits per heavy atom. The number of rotatable bonds is 5. The molecule has 0 aliphatic rings. The molecule has 1 aromatic carbocycles. The number of benzene rings is 1. The maximum Gasteiger partial charge on any atom is 0.0935 e. The molecule has 0 aliphatic heterocycles. The van der Waals surface area contributed by atoms with Crippen molar-refractivity contribution in [3.05, 3.63) is 64.4 Å². The summed E-state index contributed by atoms with van der Waals surface area (Å²) in [7, 11) is 0. The van der Waals surface area contributed by atoms with Crippen LogP contribution in [0.25, 0.3) is 5.69 Å². The van der Waals surface area contributed by atoms with Gasteiger partial charge in [0.25, 0.3) is 0 Å². The summed E-state index contributed by atoms with van der Waals surface area (Å²) >= 11 is 1.68. The van der Waals surface area contributed by atoms with Gasteiger partial charge in [0, 0.05) is 11.6 Å². The Hall–Kier alpha value is -1.98. The average molecular weight is 298 g/mol. The van der Waals surface area contributed by atoms with Crippen LogP contribution in [0.15, 0.2) is 48.0 Å². The largest absolute Gasteiger partial charge is 0.304 e. The van der Waals surface area contributed by atoms with E-state index in [-0.39, 0.29) is 6.04 Å². The predicted octanol–water partition coefficient (Wildman–Crippen LogP) is 3.34. The first-order valence-electron chi connectivity index (χ1n) is 7.04. The zero-order chi connectivity index (χ0) is 14.7. The quantitative estimate of drug-likeness (QED) is 0.785. The summed E-state index contributed by atoms with van der Waals surface area (Å²) in [5.74, 6) is 0. The van der Waals surface area contributed by atoms with Crippen LogP contribution in [-0.4, -0.2) is 21.3 Å². The molecule has 0 saturated heterocycles. The molecule has 0 bridgehead atoms. The zero-order valence-electron chi connectivity index (χ0n) is 12.2. The summed E-state index contributed by atoms with van der Waals surface area (Å²) in [6.45, 7) is 5.02. The molecule has 2 aromatic heterocycles. The summed E-state index contributed by atoms with van der Waals surface area (Å²) in [4.78, 5) is 4.64. The van der Waals surface area contributed by atoms with Crippen LogP contribution in [0.1, 0.15) is 29.4 Å². The smallest absolute Gasteiger partial charge is 0.0935 e. The van der Waals surface area contributed by atoms with Gasteiger partial charge in [-0.3, -0.25) is 0 Å². The number of aromatic nitrogens is 3. The van der Waals surface area contributed by atoms with Gasteiger partial charge in [-0.05, 0) is 31.7 Å². The molecule has 0 aliphatic carbocycles. The van der Waals surface area contributed by atoms with Crippen molar-refractivity contribution in [1.82, 2.24) is 20.1 Å². The van der Waals surface area contributed by atoms with Gasteiger partial charge in [0.15, 0.2) is 0 Å². The lowest BCUT2D eigenvalue weighted by molar-refractivity contribution is 0.583. The second-order valence-corrected chi connectivity index (χ2v) is 5.85. The van der Waals surface area contributed by atoms with Crippen molar-refractivity contribution in [2.24, 2.45) is 0 Å². The lowest BCUT2D eigenvalue weighted by Gasteiger charge is -2.17. The van der Waals surface area contributed by atoms with Crippen molar-refractivity contribution in [2.75, 3.05) is 6.54 Å². The van der Waals surface area contributed by atoms with Crippen molar-refractivity contribution in [3.8, 4) is 5.69 Å². The van der Waals surface area contributed by atoms with E-state index in [0.29, 0.717) is 0 Å². The predicted molar refractivity (Wildman–Crippen MR) is 85.9 cm³/mol. The molecule has 1 N–H and O–H groups in total. The van der Waals surface area contributed by atoms with Crippen LogP contribution in [-0.2, 0) is 0 Å². The van der Waals surface area contributed by atoms with Gasteiger partial charge in [-0.25, -0.2) is 9.67 Å². The Morgan fingerprint density at radius 3 is 2.71 bits per heavy atom. The topological polar surface area (TPSA) is 42.7 Å². The number of nitrogens with zero attached hydrogens (tertiary/aromatic N) is 3. The Labute approximate surface area is 128 Å². The molecule has 0 saturated carbocycles. The van der Waals surface area contributed by atoms with Crippen LogP contribution in [0.5, 0.6) is 0 Å². The Balaban J connectivity index is 2.03. The SMILES string of the molecule is CCNC(c1csc(C)n1)c1ccnn1-c1ccccc1. The van der Waals surface area contributed by atoms with Crippen LogP contribution in [0.4, 0.5) is 0 Å². The second-order valence-electron chi connectivity index (χ2n) is 4.79. The highest BCUT2D eigenvalue weighted by Crippen LogP contribution is 2.25. The van der Waals surface area contributed by atoms with Crippen LogP contribution in [0, 0.1) is 6.92 Å². The first-order chi connectivity index (χ1) is 10.3. The first kappa shape index (κ1) is 14.0. The van der Waals surface area contributed by atoms with Gasteiger partial charge in [0.2, 0.25) is 0 Å². The van der Waals surface area contributed by atoms with E-state index in [1.165, 1.54) is 0 Å². The minimum Gasteiger partial charge on any atom is -0.304 e. The molecule has 5 heteroatoms. The van der Waals surface area contributed by atoms with Crippen molar-refractivity contribution < 1.29 is 0 Å². The van der Waals surface area contributed by atoms with E-state index in [2.05, 4.69) is 45.9 Å². The average Bonchev–Trinajstić information content (AvgIpc) is 3.15. The summed E-state index contributed by atoms with van der Waals surface area (Å²) in [5.41, 5.74) is 3.22. The maximum absolute atomic E-state index is 4.64. The second kappa shape index (κ2) is 6.20. The number of nitrogens with one attached hydrogen (secondary N) is 1. The summed E-state index contributed by atoms with van der Waals surface area (Å²) < 4.78 is 1.97. The lowest BCUT2D eigenvalue weighted by atomic mass is 10.1. The van der Waals surface area contributed by atoms with E-state index >= 15 is 0 Å². The number of para-hydroxylation sites is 1. The van der Waals surface area contributed by atoms with Crippen molar-refractivity contribution in [1.29, 1.82) is 0 Å². The summed E-state index contributed by atoms with van der Waals surface area (Å²) in [6.07, 6.45) is 1.84. The third-order valence-electron chi connectivity index (χ3n) is 3.31. The normalized spacial score (nSPS) is 12.5. The van der Waals surface area contributed by atoms with E-state index in [1.54, 1.807) is 11.3 Å². The first-order valence-corrected chi connectivity index (χ1v) is 7.92. The van der Waals surface area contributed by atoms with Crippen LogP contribution in [0.2, 0.25) is 0 Å². The summed E-state index contributed by atoms with van der Waals surface area (Å²) in [5, 5.41) is 11.2. The van der Waals surface area contributed by atoms with Crippen molar-refractivity contribution in [2.45, 2.75) is 19.9 Å². The molecular formula is C16H18N4S. The number of hydrogen-bond donors (Lipinski definition) is 1. The third-order valence-corrected chi connectivity index (χ3v) is 4.10. The van der Waals surface area contributed by atoms with E-state index in [0.717, 1.165) is 28.6 Å². The van der Waals surface area contributed by atoms with Gasteiger partial charge in [0.05, 0.1) is 28.1 Å². The molecule has 2 heterocycles. The van der Waals surface area contributed by atoms with Crippen molar-refractivity contribution >= 4 is 11.3 Å². The Morgan fingerprint density at radius 2 is 2.05 bits per heavy atom. The number of aryl methyl sites for hydroxylation is 1. The number of thiazole rings is 1. The van der Waals surface area contributed by atoms with Gasteiger partial charge in [0.1, 0.15) is 0 Å². The Kier molecular flexibility index (Phi) is 4.13.